The van der Waals surface area contributed by atoms with E-state index in [1.165, 1.54) is 19.3 Å². The number of rotatable bonds is 1. The minimum atomic E-state index is 0.395. The van der Waals surface area contributed by atoms with Crippen molar-refractivity contribution in [3.8, 4) is 0 Å². The molecule has 2 N–H and O–H groups in total. The summed E-state index contributed by atoms with van der Waals surface area (Å²) in [4.78, 5) is 11.3. The summed E-state index contributed by atoms with van der Waals surface area (Å²) in [6, 6.07) is 0. The number of aromatic nitrogens is 2. The minimum absolute atomic E-state index is 0.395. The van der Waals surface area contributed by atoms with Gasteiger partial charge in [-0.05, 0) is 44.4 Å². The van der Waals surface area contributed by atoms with E-state index >= 15 is 0 Å². The summed E-state index contributed by atoms with van der Waals surface area (Å²) >= 11 is 0. The van der Waals surface area contributed by atoms with Gasteiger partial charge in [0.1, 0.15) is 17.5 Å². The number of hydrogen-bond acceptors (Lipinski definition) is 4. The zero-order valence-electron chi connectivity index (χ0n) is 13.5. The van der Waals surface area contributed by atoms with Gasteiger partial charge in [0, 0.05) is 18.7 Å². The number of aryl methyl sites for hydroxylation is 1. The van der Waals surface area contributed by atoms with Crippen LogP contribution in [-0.2, 0) is 0 Å². The van der Waals surface area contributed by atoms with Gasteiger partial charge in [0.05, 0.1) is 0 Å². The van der Waals surface area contributed by atoms with Crippen LogP contribution in [0.1, 0.15) is 51.4 Å². The first-order valence-corrected chi connectivity index (χ1v) is 7.64. The van der Waals surface area contributed by atoms with Crippen molar-refractivity contribution < 1.29 is 0 Å². The first-order chi connectivity index (χ1) is 9.29. The highest BCUT2D eigenvalue weighted by molar-refractivity contribution is 5.56. The normalized spacial score (nSPS) is 20.9. The molecule has 0 amide bonds. The average molecular weight is 276 g/mol. The third-order valence-electron chi connectivity index (χ3n) is 4.52. The Morgan fingerprint density at radius 2 is 1.80 bits per heavy atom. The molecule has 2 rings (SSSR count). The molecule has 0 saturated carbocycles. The van der Waals surface area contributed by atoms with E-state index in [9.17, 15) is 0 Å². The van der Waals surface area contributed by atoms with Crippen LogP contribution in [0.15, 0.2) is 0 Å². The fraction of sp³-hybridized carbons (Fsp3) is 0.750. The Balaban J connectivity index is 2.19. The fourth-order valence-corrected chi connectivity index (χ4v) is 3.12. The highest BCUT2D eigenvalue weighted by Gasteiger charge is 2.28. The van der Waals surface area contributed by atoms with Gasteiger partial charge in [0.2, 0.25) is 0 Å². The first-order valence-electron chi connectivity index (χ1n) is 7.64. The van der Waals surface area contributed by atoms with Crippen molar-refractivity contribution in [2.24, 2.45) is 11.3 Å². The van der Waals surface area contributed by atoms with E-state index in [4.69, 9.17) is 5.73 Å². The molecule has 1 aromatic rings. The summed E-state index contributed by atoms with van der Waals surface area (Å²) in [5.41, 5.74) is 7.40. The van der Waals surface area contributed by atoms with Gasteiger partial charge in [-0.15, -0.1) is 0 Å². The van der Waals surface area contributed by atoms with Crippen molar-refractivity contribution in [3.05, 3.63) is 11.4 Å². The van der Waals surface area contributed by atoms with Gasteiger partial charge in [0.15, 0.2) is 0 Å². The van der Waals surface area contributed by atoms with E-state index < -0.39 is 0 Å². The zero-order valence-corrected chi connectivity index (χ0v) is 13.5. The Labute approximate surface area is 122 Å². The van der Waals surface area contributed by atoms with Gasteiger partial charge in [-0.2, -0.15) is 0 Å². The summed E-state index contributed by atoms with van der Waals surface area (Å²) in [6.07, 6.45) is 3.76. The van der Waals surface area contributed by atoms with E-state index in [0.29, 0.717) is 11.2 Å². The Morgan fingerprint density at radius 3 is 2.45 bits per heavy atom. The van der Waals surface area contributed by atoms with Crippen molar-refractivity contribution >= 4 is 11.6 Å². The number of nitrogen functional groups attached to an aromatic ring is 1. The van der Waals surface area contributed by atoms with Crippen LogP contribution in [0.4, 0.5) is 11.6 Å². The quantitative estimate of drug-likeness (QED) is 0.855. The number of anilines is 2. The highest BCUT2D eigenvalue weighted by Crippen LogP contribution is 2.35. The fourth-order valence-electron chi connectivity index (χ4n) is 3.12. The molecule has 0 bridgehead atoms. The largest absolute Gasteiger partial charge is 0.383 e. The zero-order chi connectivity index (χ0) is 14.9. The number of nitrogens with zero attached hydrogens (tertiary/aromatic N) is 3. The van der Waals surface area contributed by atoms with Gasteiger partial charge >= 0.3 is 0 Å². The smallest absolute Gasteiger partial charge is 0.137 e. The molecule has 1 atom stereocenters. The third-order valence-corrected chi connectivity index (χ3v) is 4.52. The van der Waals surface area contributed by atoms with Crippen molar-refractivity contribution in [2.45, 2.75) is 53.9 Å². The van der Waals surface area contributed by atoms with Gasteiger partial charge in [-0.1, -0.05) is 20.8 Å². The summed E-state index contributed by atoms with van der Waals surface area (Å²) in [6.45, 7) is 13.1. The van der Waals surface area contributed by atoms with Crippen LogP contribution in [0.25, 0.3) is 0 Å². The molecule has 1 aliphatic rings. The third kappa shape index (κ3) is 3.22. The molecule has 4 heteroatoms. The lowest BCUT2D eigenvalue weighted by atomic mass is 9.77. The molecule has 1 fully saturated rings. The SMILES string of the molecule is Cc1nc(N)c(C)c(N2CCCC(C(C)(C)C)CC2)n1. The Hall–Kier alpha value is -1.32. The van der Waals surface area contributed by atoms with Crippen molar-refractivity contribution in [2.75, 3.05) is 23.7 Å². The molecule has 0 aliphatic carbocycles. The lowest BCUT2D eigenvalue weighted by Crippen LogP contribution is -2.28. The molecular weight excluding hydrogens is 248 g/mol. The molecule has 1 saturated heterocycles. The molecule has 20 heavy (non-hydrogen) atoms. The Bertz CT molecular complexity index is 476. The van der Waals surface area contributed by atoms with Gasteiger partial charge < -0.3 is 10.6 Å². The maximum atomic E-state index is 5.99. The molecular formula is C16H28N4. The maximum absolute atomic E-state index is 5.99. The van der Waals surface area contributed by atoms with Crippen LogP contribution in [0, 0.1) is 25.2 Å². The predicted molar refractivity (Wildman–Crippen MR) is 84.9 cm³/mol. The standard InChI is InChI=1S/C16H28N4/c1-11-14(17)18-12(2)19-15(11)20-9-6-7-13(8-10-20)16(3,4)5/h13H,6-10H2,1-5H3,(H2,17,18,19). The van der Waals surface area contributed by atoms with E-state index in [2.05, 4.69) is 35.6 Å². The van der Waals surface area contributed by atoms with Gasteiger partial charge in [-0.3, -0.25) is 0 Å². The Morgan fingerprint density at radius 1 is 1.10 bits per heavy atom. The molecule has 0 radical (unpaired) electrons. The molecule has 112 valence electrons. The maximum Gasteiger partial charge on any atom is 0.137 e. The molecule has 1 unspecified atom stereocenters. The van der Waals surface area contributed by atoms with Crippen LogP contribution < -0.4 is 10.6 Å². The minimum Gasteiger partial charge on any atom is -0.383 e. The Kier molecular flexibility index (Phi) is 4.21. The molecule has 1 aromatic heterocycles. The van der Waals surface area contributed by atoms with Crippen LogP contribution in [0.3, 0.4) is 0 Å². The van der Waals surface area contributed by atoms with Crippen LogP contribution in [0.2, 0.25) is 0 Å². The molecule has 0 spiro atoms. The lowest BCUT2D eigenvalue weighted by Gasteiger charge is -2.30. The van der Waals surface area contributed by atoms with Gasteiger partial charge in [0.25, 0.3) is 0 Å². The van der Waals surface area contributed by atoms with E-state index in [-0.39, 0.29) is 0 Å². The highest BCUT2D eigenvalue weighted by atomic mass is 15.2. The summed E-state index contributed by atoms with van der Waals surface area (Å²) in [5, 5.41) is 0. The van der Waals surface area contributed by atoms with E-state index in [1.807, 2.05) is 13.8 Å². The lowest BCUT2D eigenvalue weighted by molar-refractivity contribution is 0.220. The number of nitrogens with two attached hydrogens (primary N) is 1. The summed E-state index contributed by atoms with van der Waals surface area (Å²) < 4.78 is 0. The summed E-state index contributed by atoms with van der Waals surface area (Å²) in [7, 11) is 0. The second-order valence-electron chi connectivity index (χ2n) is 7.09. The topological polar surface area (TPSA) is 55.0 Å². The first kappa shape index (κ1) is 15.1. The van der Waals surface area contributed by atoms with Crippen molar-refractivity contribution in [1.82, 2.24) is 9.97 Å². The van der Waals surface area contributed by atoms with Crippen molar-refractivity contribution in [1.29, 1.82) is 0 Å². The van der Waals surface area contributed by atoms with E-state index in [1.54, 1.807) is 0 Å². The van der Waals surface area contributed by atoms with Crippen LogP contribution >= 0.6 is 0 Å². The van der Waals surface area contributed by atoms with Crippen LogP contribution in [-0.4, -0.2) is 23.1 Å². The van der Waals surface area contributed by atoms with E-state index in [0.717, 1.165) is 36.2 Å². The molecule has 0 aromatic carbocycles. The molecule has 2 heterocycles. The summed E-state index contributed by atoms with van der Waals surface area (Å²) in [5.74, 6) is 3.20. The predicted octanol–water partition coefficient (Wildman–Crippen LogP) is 3.33. The average Bonchev–Trinajstić information content (AvgIpc) is 2.58. The second-order valence-corrected chi connectivity index (χ2v) is 7.09. The number of hydrogen-bond donors (Lipinski definition) is 1. The van der Waals surface area contributed by atoms with Crippen LogP contribution in [0.5, 0.6) is 0 Å². The molecule has 1 aliphatic heterocycles. The second kappa shape index (κ2) is 5.58. The van der Waals surface area contributed by atoms with Crippen molar-refractivity contribution in [3.63, 3.8) is 0 Å². The molecule has 4 nitrogen and oxygen atoms in total. The van der Waals surface area contributed by atoms with Gasteiger partial charge in [-0.25, -0.2) is 9.97 Å². The monoisotopic (exact) mass is 276 g/mol.